The Labute approximate surface area is 156 Å². The van der Waals surface area contributed by atoms with Crippen molar-refractivity contribution in [3.63, 3.8) is 0 Å². The Bertz CT molecular complexity index is 661. The van der Waals surface area contributed by atoms with Crippen LogP contribution in [0, 0.1) is 5.82 Å². The van der Waals surface area contributed by atoms with Crippen molar-refractivity contribution in [2.24, 2.45) is 0 Å². The van der Waals surface area contributed by atoms with Gasteiger partial charge in [-0.1, -0.05) is 28.1 Å². The molecule has 0 bridgehead atoms. The van der Waals surface area contributed by atoms with Crippen LogP contribution in [-0.2, 0) is 6.54 Å². The maximum Gasteiger partial charge on any atom is 0.319 e. The van der Waals surface area contributed by atoms with Gasteiger partial charge in [0.1, 0.15) is 5.82 Å². The van der Waals surface area contributed by atoms with E-state index >= 15 is 0 Å². The first-order valence-electron chi connectivity index (χ1n) is 8.26. The number of halogens is 2. The molecule has 0 aromatic heterocycles. The van der Waals surface area contributed by atoms with Crippen LogP contribution in [0.2, 0.25) is 0 Å². The molecular weight excluding hydrogens is 385 g/mol. The second-order valence-electron chi connectivity index (χ2n) is 5.96. The van der Waals surface area contributed by atoms with Gasteiger partial charge in [0.25, 0.3) is 0 Å². The van der Waals surface area contributed by atoms with Crippen molar-refractivity contribution in [3.05, 3.63) is 64.4 Å². The van der Waals surface area contributed by atoms with Crippen LogP contribution in [0.5, 0.6) is 0 Å². The zero-order chi connectivity index (χ0) is 18.1. The maximum absolute atomic E-state index is 12.9. The van der Waals surface area contributed by atoms with Gasteiger partial charge in [0.05, 0.1) is 0 Å². The molecule has 0 heterocycles. The molecule has 2 rings (SSSR count). The third-order valence-electron chi connectivity index (χ3n) is 3.72. The second kappa shape index (κ2) is 10.2. The summed E-state index contributed by atoms with van der Waals surface area (Å²) in [4.78, 5) is 14.0. The number of unbranched alkanes of at least 4 members (excludes halogenated alkanes) is 1. The average Bonchev–Trinajstić information content (AvgIpc) is 2.59. The van der Waals surface area contributed by atoms with E-state index in [9.17, 15) is 9.18 Å². The maximum atomic E-state index is 12.9. The highest BCUT2D eigenvalue weighted by molar-refractivity contribution is 9.10. The average molecular weight is 408 g/mol. The summed E-state index contributed by atoms with van der Waals surface area (Å²) in [6.45, 7) is 2.35. The van der Waals surface area contributed by atoms with E-state index < -0.39 is 0 Å². The summed E-state index contributed by atoms with van der Waals surface area (Å²) in [6, 6.07) is 13.8. The number of benzene rings is 2. The first kappa shape index (κ1) is 19.4. The molecule has 0 aliphatic carbocycles. The van der Waals surface area contributed by atoms with Gasteiger partial charge in [0, 0.05) is 23.2 Å². The summed E-state index contributed by atoms with van der Waals surface area (Å²) in [7, 11) is 2.04. The quantitative estimate of drug-likeness (QED) is 0.626. The lowest BCUT2D eigenvalue weighted by Crippen LogP contribution is -2.30. The molecule has 6 heteroatoms. The van der Waals surface area contributed by atoms with Gasteiger partial charge in [0.2, 0.25) is 0 Å². The third kappa shape index (κ3) is 7.67. The fraction of sp³-hybridized carbons (Fsp3) is 0.316. The van der Waals surface area contributed by atoms with Crippen molar-refractivity contribution in [1.29, 1.82) is 0 Å². The van der Waals surface area contributed by atoms with E-state index in [2.05, 4.69) is 31.5 Å². The van der Waals surface area contributed by atoms with Crippen molar-refractivity contribution in [3.8, 4) is 0 Å². The van der Waals surface area contributed by atoms with Crippen molar-refractivity contribution in [2.75, 3.05) is 25.5 Å². The first-order chi connectivity index (χ1) is 12.0. The number of amides is 2. The predicted molar refractivity (Wildman–Crippen MR) is 103 cm³/mol. The van der Waals surface area contributed by atoms with Crippen LogP contribution in [0.1, 0.15) is 18.4 Å². The number of anilines is 1. The highest BCUT2D eigenvalue weighted by Crippen LogP contribution is 2.13. The van der Waals surface area contributed by atoms with E-state index in [-0.39, 0.29) is 11.8 Å². The Morgan fingerprint density at radius 2 is 1.76 bits per heavy atom. The monoisotopic (exact) mass is 407 g/mol. The standard InChI is InChI=1S/C19H23BrFN3O/c1-24(14-15-4-8-17(21)9-5-15)13-3-2-12-22-19(25)23-18-10-6-16(20)7-11-18/h4-11H,2-3,12-14H2,1H3,(H2,22,23,25). The molecule has 25 heavy (non-hydrogen) atoms. The molecule has 0 saturated heterocycles. The lowest BCUT2D eigenvalue weighted by Gasteiger charge is -2.16. The van der Waals surface area contributed by atoms with Gasteiger partial charge in [0.15, 0.2) is 0 Å². The summed E-state index contributed by atoms with van der Waals surface area (Å²) in [5, 5.41) is 5.65. The number of hydrogen-bond acceptors (Lipinski definition) is 2. The van der Waals surface area contributed by atoms with Crippen molar-refractivity contribution < 1.29 is 9.18 Å². The minimum absolute atomic E-state index is 0.193. The molecule has 134 valence electrons. The summed E-state index contributed by atoms with van der Waals surface area (Å²) in [5.74, 6) is -0.209. The number of carbonyl (C=O) groups is 1. The van der Waals surface area contributed by atoms with E-state index in [0.29, 0.717) is 6.54 Å². The van der Waals surface area contributed by atoms with E-state index in [1.165, 1.54) is 12.1 Å². The fourth-order valence-electron chi connectivity index (χ4n) is 2.40. The van der Waals surface area contributed by atoms with Crippen LogP contribution in [0.25, 0.3) is 0 Å². The van der Waals surface area contributed by atoms with Gasteiger partial charge < -0.3 is 15.5 Å². The van der Waals surface area contributed by atoms with Gasteiger partial charge in [-0.2, -0.15) is 0 Å². The predicted octanol–water partition coefficient (Wildman–Crippen LogP) is 4.62. The molecule has 2 aromatic rings. The SMILES string of the molecule is CN(CCCCNC(=O)Nc1ccc(Br)cc1)Cc1ccc(F)cc1. The topological polar surface area (TPSA) is 44.4 Å². The Morgan fingerprint density at radius 3 is 2.44 bits per heavy atom. The summed E-state index contributed by atoms with van der Waals surface area (Å²) < 4.78 is 13.9. The molecule has 0 spiro atoms. The summed E-state index contributed by atoms with van der Waals surface area (Å²) in [6.07, 6.45) is 1.89. The lowest BCUT2D eigenvalue weighted by molar-refractivity contribution is 0.251. The van der Waals surface area contributed by atoms with Crippen molar-refractivity contribution in [1.82, 2.24) is 10.2 Å². The minimum Gasteiger partial charge on any atom is -0.338 e. The van der Waals surface area contributed by atoms with E-state index in [0.717, 1.165) is 41.7 Å². The molecule has 0 fully saturated rings. The minimum atomic E-state index is -0.209. The van der Waals surface area contributed by atoms with Crippen LogP contribution in [-0.4, -0.2) is 31.1 Å². The van der Waals surface area contributed by atoms with Crippen LogP contribution >= 0.6 is 15.9 Å². The zero-order valence-electron chi connectivity index (χ0n) is 14.3. The molecule has 2 N–H and O–H groups in total. The van der Waals surface area contributed by atoms with Crippen LogP contribution < -0.4 is 10.6 Å². The van der Waals surface area contributed by atoms with Gasteiger partial charge in [-0.05, 0) is 68.4 Å². The molecule has 0 unspecified atom stereocenters. The van der Waals surface area contributed by atoms with Crippen molar-refractivity contribution >= 4 is 27.6 Å². The summed E-state index contributed by atoms with van der Waals surface area (Å²) >= 11 is 3.36. The highest BCUT2D eigenvalue weighted by Gasteiger charge is 2.03. The van der Waals surface area contributed by atoms with E-state index in [1.807, 2.05) is 31.3 Å². The molecule has 2 amide bonds. The molecule has 4 nitrogen and oxygen atoms in total. The number of urea groups is 1. The van der Waals surface area contributed by atoms with Crippen LogP contribution in [0.15, 0.2) is 53.0 Å². The van der Waals surface area contributed by atoms with Gasteiger partial charge in [-0.25, -0.2) is 9.18 Å². The molecule has 0 radical (unpaired) electrons. The van der Waals surface area contributed by atoms with Crippen molar-refractivity contribution in [2.45, 2.75) is 19.4 Å². The second-order valence-corrected chi connectivity index (χ2v) is 6.87. The van der Waals surface area contributed by atoms with Gasteiger partial charge in [-0.15, -0.1) is 0 Å². The molecule has 2 aromatic carbocycles. The number of carbonyl (C=O) groups excluding carboxylic acids is 1. The molecule has 0 saturated carbocycles. The Kier molecular flexibility index (Phi) is 7.88. The number of hydrogen-bond donors (Lipinski definition) is 2. The molecular formula is C19H23BrFN3O. The number of nitrogens with zero attached hydrogens (tertiary/aromatic N) is 1. The first-order valence-corrected chi connectivity index (χ1v) is 9.05. The smallest absolute Gasteiger partial charge is 0.319 e. The van der Waals surface area contributed by atoms with Crippen LogP contribution in [0.3, 0.4) is 0 Å². The molecule has 0 aliphatic heterocycles. The third-order valence-corrected chi connectivity index (χ3v) is 4.25. The molecule has 0 atom stereocenters. The normalized spacial score (nSPS) is 10.7. The number of rotatable bonds is 8. The summed E-state index contributed by atoms with van der Waals surface area (Å²) in [5.41, 5.74) is 1.86. The zero-order valence-corrected chi connectivity index (χ0v) is 15.9. The van der Waals surface area contributed by atoms with Crippen LogP contribution in [0.4, 0.5) is 14.9 Å². The largest absolute Gasteiger partial charge is 0.338 e. The number of nitrogens with one attached hydrogen (secondary N) is 2. The lowest BCUT2D eigenvalue weighted by atomic mass is 10.2. The Balaban J connectivity index is 1.57. The van der Waals surface area contributed by atoms with E-state index in [4.69, 9.17) is 0 Å². The molecule has 0 aliphatic rings. The Morgan fingerprint density at radius 1 is 1.08 bits per heavy atom. The van der Waals surface area contributed by atoms with E-state index in [1.54, 1.807) is 12.1 Å². The van der Waals surface area contributed by atoms with Gasteiger partial charge in [-0.3, -0.25) is 0 Å². The fourth-order valence-corrected chi connectivity index (χ4v) is 2.66. The highest BCUT2D eigenvalue weighted by atomic mass is 79.9. The Hall–Kier alpha value is -1.92. The van der Waals surface area contributed by atoms with Gasteiger partial charge >= 0.3 is 6.03 Å².